The number of anilines is 2. The third kappa shape index (κ3) is 3.21. The van der Waals surface area contributed by atoms with Crippen LogP contribution in [0.1, 0.15) is 15.9 Å². The zero-order valence-corrected chi connectivity index (χ0v) is 12.7. The summed E-state index contributed by atoms with van der Waals surface area (Å²) >= 11 is 0. The highest BCUT2D eigenvalue weighted by Crippen LogP contribution is 2.23. The van der Waals surface area contributed by atoms with E-state index in [1.807, 2.05) is 13.0 Å². The molecular formula is C17H15N3O3. The molecule has 0 saturated carbocycles. The summed E-state index contributed by atoms with van der Waals surface area (Å²) in [5.41, 5.74) is 3.93. The molecule has 23 heavy (non-hydrogen) atoms. The largest absolute Gasteiger partial charge is 0.472 e. The topological polar surface area (TPSA) is 77.2 Å². The molecule has 0 spiro atoms. The van der Waals surface area contributed by atoms with E-state index in [-0.39, 0.29) is 5.97 Å². The molecule has 0 aliphatic carbocycles. The number of aryl methyl sites for hydroxylation is 1. The average molecular weight is 309 g/mol. The maximum atomic E-state index is 11.4. The van der Waals surface area contributed by atoms with Gasteiger partial charge >= 0.3 is 5.97 Å². The number of hydrogen-bond donors (Lipinski definition) is 1. The fraction of sp³-hybridized carbons (Fsp3) is 0.118. The van der Waals surface area contributed by atoms with Crippen molar-refractivity contribution in [2.45, 2.75) is 6.92 Å². The molecule has 3 rings (SSSR count). The van der Waals surface area contributed by atoms with Gasteiger partial charge in [0.15, 0.2) is 0 Å². The van der Waals surface area contributed by atoms with Crippen molar-refractivity contribution >= 4 is 17.6 Å². The van der Waals surface area contributed by atoms with Gasteiger partial charge in [-0.2, -0.15) is 0 Å². The summed E-state index contributed by atoms with van der Waals surface area (Å²) in [7, 11) is 1.35. The van der Waals surface area contributed by atoms with Gasteiger partial charge in [-0.3, -0.25) is 0 Å². The van der Waals surface area contributed by atoms with Crippen LogP contribution >= 0.6 is 0 Å². The number of esters is 1. The first-order chi connectivity index (χ1) is 11.2. The molecule has 1 aromatic carbocycles. The minimum absolute atomic E-state index is 0.370. The van der Waals surface area contributed by atoms with Crippen LogP contribution in [-0.4, -0.2) is 23.0 Å². The van der Waals surface area contributed by atoms with Crippen LogP contribution in [0.15, 0.2) is 53.5 Å². The number of hydrogen-bond acceptors (Lipinski definition) is 6. The SMILES string of the molecule is COC(=O)c1ccc(Nc2ncc(C)c(-c3ccoc3)n2)cc1. The summed E-state index contributed by atoms with van der Waals surface area (Å²) in [6, 6.07) is 8.75. The molecule has 0 aliphatic rings. The van der Waals surface area contributed by atoms with E-state index in [0.29, 0.717) is 11.5 Å². The van der Waals surface area contributed by atoms with Crippen LogP contribution in [0.2, 0.25) is 0 Å². The van der Waals surface area contributed by atoms with Crippen molar-refractivity contribution in [3.63, 3.8) is 0 Å². The summed E-state index contributed by atoms with van der Waals surface area (Å²) in [5, 5.41) is 3.11. The fourth-order valence-corrected chi connectivity index (χ4v) is 2.13. The monoisotopic (exact) mass is 309 g/mol. The third-order valence-corrected chi connectivity index (χ3v) is 3.33. The Hall–Kier alpha value is -3.15. The maximum Gasteiger partial charge on any atom is 0.337 e. The van der Waals surface area contributed by atoms with Crippen LogP contribution in [0, 0.1) is 6.92 Å². The molecule has 1 N–H and O–H groups in total. The number of benzene rings is 1. The van der Waals surface area contributed by atoms with Crippen molar-refractivity contribution in [3.05, 3.63) is 60.2 Å². The molecule has 2 aromatic heterocycles. The minimum Gasteiger partial charge on any atom is -0.472 e. The van der Waals surface area contributed by atoms with E-state index in [2.05, 4.69) is 20.0 Å². The van der Waals surface area contributed by atoms with Gasteiger partial charge in [0, 0.05) is 17.4 Å². The van der Waals surface area contributed by atoms with Crippen LogP contribution in [0.4, 0.5) is 11.6 Å². The number of nitrogens with one attached hydrogen (secondary N) is 1. The lowest BCUT2D eigenvalue weighted by molar-refractivity contribution is 0.0601. The zero-order chi connectivity index (χ0) is 16.2. The van der Waals surface area contributed by atoms with Gasteiger partial charge in [0.05, 0.1) is 30.9 Å². The van der Waals surface area contributed by atoms with E-state index in [0.717, 1.165) is 22.5 Å². The van der Waals surface area contributed by atoms with Crippen molar-refractivity contribution in [3.8, 4) is 11.3 Å². The Morgan fingerprint density at radius 2 is 2.00 bits per heavy atom. The van der Waals surface area contributed by atoms with Crippen molar-refractivity contribution in [1.82, 2.24) is 9.97 Å². The highest BCUT2D eigenvalue weighted by atomic mass is 16.5. The molecule has 2 heterocycles. The van der Waals surface area contributed by atoms with Crippen molar-refractivity contribution in [1.29, 1.82) is 0 Å². The molecule has 0 aliphatic heterocycles. The van der Waals surface area contributed by atoms with Crippen LogP contribution in [-0.2, 0) is 4.74 Å². The molecule has 0 bridgehead atoms. The second kappa shape index (κ2) is 6.31. The normalized spacial score (nSPS) is 10.3. The number of carbonyl (C=O) groups excluding carboxylic acids is 1. The molecule has 116 valence electrons. The molecule has 0 unspecified atom stereocenters. The Morgan fingerprint density at radius 1 is 1.22 bits per heavy atom. The first-order valence-corrected chi connectivity index (χ1v) is 6.99. The minimum atomic E-state index is -0.370. The van der Waals surface area contributed by atoms with Gasteiger partial charge in [0.25, 0.3) is 0 Å². The van der Waals surface area contributed by atoms with E-state index in [1.165, 1.54) is 7.11 Å². The predicted octanol–water partition coefficient (Wildman–Crippen LogP) is 3.58. The van der Waals surface area contributed by atoms with E-state index in [4.69, 9.17) is 4.42 Å². The molecule has 6 heteroatoms. The smallest absolute Gasteiger partial charge is 0.337 e. The second-order valence-electron chi connectivity index (χ2n) is 4.93. The summed E-state index contributed by atoms with van der Waals surface area (Å²) < 4.78 is 9.78. The quantitative estimate of drug-likeness (QED) is 0.742. The van der Waals surface area contributed by atoms with E-state index in [9.17, 15) is 4.79 Å². The predicted molar refractivity (Wildman–Crippen MR) is 85.5 cm³/mol. The molecule has 0 saturated heterocycles. The molecular weight excluding hydrogens is 294 g/mol. The van der Waals surface area contributed by atoms with E-state index >= 15 is 0 Å². The number of ether oxygens (including phenoxy) is 1. The Labute approximate surface area is 133 Å². The molecule has 0 amide bonds. The summed E-state index contributed by atoms with van der Waals surface area (Å²) in [6.07, 6.45) is 5.00. The lowest BCUT2D eigenvalue weighted by Crippen LogP contribution is -2.02. The van der Waals surface area contributed by atoms with E-state index < -0.39 is 0 Å². The Bertz CT molecular complexity index is 812. The third-order valence-electron chi connectivity index (χ3n) is 3.33. The summed E-state index contributed by atoms with van der Waals surface area (Å²) in [5.74, 6) is 0.1000. The Morgan fingerprint density at radius 3 is 2.65 bits per heavy atom. The van der Waals surface area contributed by atoms with Crippen molar-refractivity contribution in [2.75, 3.05) is 12.4 Å². The lowest BCUT2D eigenvalue weighted by atomic mass is 10.1. The molecule has 6 nitrogen and oxygen atoms in total. The van der Waals surface area contributed by atoms with Crippen LogP contribution in [0.25, 0.3) is 11.3 Å². The Kier molecular flexibility index (Phi) is 4.05. The highest BCUT2D eigenvalue weighted by Gasteiger charge is 2.09. The number of methoxy groups -OCH3 is 1. The second-order valence-corrected chi connectivity index (χ2v) is 4.93. The molecule has 0 atom stereocenters. The van der Waals surface area contributed by atoms with Crippen LogP contribution in [0.3, 0.4) is 0 Å². The van der Waals surface area contributed by atoms with E-state index in [1.54, 1.807) is 43.0 Å². The van der Waals surface area contributed by atoms with Crippen LogP contribution < -0.4 is 5.32 Å². The van der Waals surface area contributed by atoms with Gasteiger partial charge < -0.3 is 14.5 Å². The van der Waals surface area contributed by atoms with Gasteiger partial charge in [-0.1, -0.05) is 0 Å². The lowest BCUT2D eigenvalue weighted by Gasteiger charge is -2.08. The molecule has 0 fully saturated rings. The summed E-state index contributed by atoms with van der Waals surface area (Å²) in [4.78, 5) is 20.2. The van der Waals surface area contributed by atoms with Crippen molar-refractivity contribution < 1.29 is 13.9 Å². The van der Waals surface area contributed by atoms with Gasteiger partial charge in [-0.25, -0.2) is 14.8 Å². The number of aromatic nitrogens is 2. The zero-order valence-electron chi connectivity index (χ0n) is 12.7. The fourth-order valence-electron chi connectivity index (χ4n) is 2.13. The Balaban J connectivity index is 1.83. The van der Waals surface area contributed by atoms with Crippen molar-refractivity contribution in [2.24, 2.45) is 0 Å². The molecule has 3 aromatic rings. The van der Waals surface area contributed by atoms with Gasteiger partial charge in [0.2, 0.25) is 5.95 Å². The number of rotatable bonds is 4. The number of carbonyl (C=O) groups is 1. The highest BCUT2D eigenvalue weighted by molar-refractivity contribution is 5.89. The van der Waals surface area contributed by atoms with Gasteiger partial charge in [0.1, 0.15) is 0 Å². The first-order valence-electron chi connectivity index (χ1n) is 6.99. The number of furan rings is 1. The maximum absolute atomic E-state index is 11.4. The van der Waals surface area contributed by atoms with Crippen LogP contribution in [0.5, 0.6) is 0 Å². The molecule has 0 radical (unpaired) electrons. The standard InChI is InChI=1S/C17H15N3O3/c1-11-9-18-17(20-15(11)13-7-8-23-10-13)19-14-5-3-12(4-6-14)16(21)22-2/h3-10H,1-2H3,(H,18,19,20). The van der Waals surface area contributed by atoms with Gasteiger partial charge in [-0.05, 0) is 42.8 Å². The first kappa shape index (κ1) is 14.8. The average Bonchev–Trinajstić information content (AvgIpc) is 3.11. The summed E-state index contributed by atoms with van der Waals surface area (Å²) in [6.45, 7) is 1.94. The van der Waals surface area contributed by atoms with Gasteiger partial charge in [-0.15, -0.1) is 0 Å². The number of nitrogens with zero attached hydrogens (tertiary/aromatic N) is 2.